The second kappa shape index (κ2) is 5.57. The number of nitrogens with zero attached hydrogens (tertiary/aromatic N) is 1. The van der Waals surface area contributed by atoms with E-state index in [9.17, 15) is 4.79 Å². The normalized spacial score (nSPS) is 24.8. The Morgan fingerprint density at radius 1 is 1.30 bits per heavy atom. The maximum Gasteiger partial charge on any atom is 0.238 e. The number of carbonyl (C=O) groups is 1. The van der Waals surface area contributed by atoms with Crippen LogP contribution in [0.2, 0.25) is 0 Å². The number of carbonyl (C=O) groups excluding carboxylic acids is 1. The van der Waals surface area contributed by atoms with E-state index in [0.717, 1.165) is 6.42 Å². The van der Waals surface area contributed by atoms with E-state index >= 15 is 0 Å². The molecule has 2 atom stereocenters. The molecule has 2 unspecified atom stereocenters. The van der Waals surface area contributed by atoms with E-state index in [0.29, 0.717) is 18.5 Å². The van der Waals surface area contributed by atoms with Crippen molar-refractivity contribution in [2.24, 2.45) is 5.92 Å². The lowest BCUT2D eigenvalue weighted by Gasteiger charge is -2.39. The Morgan fingerprint density at radius 3 is 2.55 bits per heavy atom. The van der Waals surface area contributed by atoms with Gasteiger partial charge < -0.3 is 4.90 Å². The third kappa shape index (κ3) is 2.35. The molecular weight excluding hydrogens is 248 g/mol. The third-order valence-corrected chi connectivity index (χ3v) is 4.99. The highest BCUT2D eigenvalue weighted by Gasteiger charge is 2.39. The first kappa shape index (κ1) is 13.6. The summed E-state index contributed by atoms with van der Waals surface area (Å²) in [5.74, 6) is 0.935. The largest absolute Gasteiger partial charge is 0.319 e. The fraction of sp³-hybridized carbons (Fsp3) is 0.588. The van der Waals surface area contributed by atoms with Gasteiger partial charge in [0, 0.05) is 6.04 Å². The smallest absolute Gasteiger partial charge is 0.238 e. The summed E-state index contributed by atoms with van der Waals surface area (Å²) in [6, 6.07) is 9.02. The standard InChI is InChI=1S/C17H24N2O/c1-3-13-7-9-15(10-8-13)17-18-11-16(20)19(17)12(2)14-5-4-6-14/h7-10,12,14,17-18H,3-6,11H2,1-2H3. The number of aryl methyl sites for hydroxylation is 1. The number of benzene rings is 1. The summed E-state index contributed by atoms with van der Waals surface area (Å²) in [6.45, 7) is 4.84. The highest BCUT2D eigenvalue weighted by Crippen LogP contribution is 2.36. The minimum Gasteiger partial charge on any atom is -0.319 e. The minimum atomic E-state index is 0.0593. The van der Waals surface area contributed by atoms with E-state index in [1.54, 1.807) is 0 Å². The molecule has 2 aliphatic rings. The molecule has 20 heavy (non-hydrogen) atoms. The molecule has 1 amide bonds. The van der Waals surface area contributed by atoms with Gasteiger partial charge in [-0.15, -0.1) is 0 Å². The molecule has 3 rings (SSSR count). The number of rotatable bonds is 4. The van der Waals surface area contributed by atoms with Gasteiger partial charge in [0.2, 0.25) is 5.91 Å². The first-order valence-corrected chi connectivity index (χ1v) is 7.84. The van der Waals surface area contributed by atoms with E-state index in [2.05, 4.69) is 48.3 Å². The molecule has 1 heterocycles. The van der Waals surface area contributed by atoms with Crippen molar-refractivity contribution in [2.45, 2.75) is 51.7 Å². The van der Waals surface area contributed by atoms with Crippen LogP contribution in [0.5, 0.6) is 0 Å². The molecule has 0 spiro atoms. The fourth-order valence-electron chi connectivity index (χ4n) is 3.34. The lowest BCUT2D eigenvalue weighted by atomic mass is 9.79. The van der Waals surface area contributed by atoms with Crippen LogP contribution in [0, 0.1) is 5.92 Å². The predicted molar refractivity (Wildman–Crippen MR) is 80.2 cm³/mol. The van der Waals surface area contributed by atoms with Crippen LogP contribution in [0.1, 0.15) is 50.4 Å². The molecule has 1 aromatic rings. The van der Waals surface area contributed by atoms with Gasteiger partial charge in [-0.2, -0.15) is 0 Å². The van der Waals surface area contributed by atoms with Gasteiger partial charge >= 0.3 is 0 Å². The average Bonchev–Trinajstić information content (AvgIpc) is 2.78. The van der Waals surface area contributed by atoms with Crippen LogP contribution in [0.25, 0.3) is 0 Å². The highest BCUT2D eigenvalue weighted by molar-refractivity contribution is 5.81. The Kier molecular flexibility index (Phi) is 3.79. The van der Waals surface area contributed by atoms with Gasteiger partial charge in [0.15, 0.2) is 0 Å². The van der Waals surface area contributed by atoms with Crippen molar-refractivity contribution in [3.05, 3.63) is 35.4 Å². The summed E-state index contributed by atoms with van der Waals surface area (Å²) in [4.78, 5) is 14.3. The molecule has 3 nitrogen and oxygen atoms in total. The van der Waals surface area contributed by atoms with Gasteiger partial charge in [-0.1, -0.05) is 37.6 Å². The molecular formula is C17H24N2O. The Labute approximate surface area is 121 Å². The maximum atomic E-state index is 12.2. The van der Waals surface area contributed by atoms with Crippen LogP contribution >= 0.6 is 0 Å². The molecule has 1 aliphatic heterocycles. The van der Waals surface area contributed by atoms with Crippen molar-refractivity contribution in [3.8, 4) is 0 Å². The van der Waals surface area contributed by atoms with Gasteiger partial charge in [-0.05, 0) is 43.2 Å². The lowest BCUT2D eigenvalue weighted by Crippen LogP contribution is -2.44. The summed E-state index contributed by atoms with van der Waals surface area (Å²) >= 11 is 0. The van der Waals surface area contributed by atoms with Crippen molar-refractivity contribution in [2.75, 3.05) is 6.54 Å². The quantitative estimate of drug-likeness (QED) is 0.914. The van der Waals surface area contributed by atoms with Gasteiger partial charge in [-0.3, -0.25) is 10.1 Å². The minimum absolute atomic E-state index is 0.0593. The Hall–Kier alpha value is -1.35. The fourth-order valence-corrected chi connectivity index (χ4v) is 3.34. The van der Waals surface area contributed by atoms with E-state index in [1.807, 2.05) is 0 Å². The molecule has 2 fully saturated rings. The summed E-state index contributed by atoms with van der Waals surface area (Å²) in [6.07, 6.45) is 4.97. The average molecular weight is 272 g/mol. The molecule has 1 aliphatic carbocycles. The highest BCUT2D eigenvalue weighted by atomic mass is 16.2. The number of hydrogen-bond donors (Lipinski definition) is 1. The molecule has 1 saturated carbocycles. The van der Waals surface area contributed by atoms with Crippen molar-refractivity contribution >= 4 is 5.91 Å². The zero-order valence-corrected chi connectivity index (χ0v) is 12.4. The molecule has 1 N–H and O–H groups in total. The van der Waals surface area contributed by atoms with Crippen LogP contribution < -0.4 is 5.32 Å². The second-order valence-electron chi connectivity index (χ2n) is 6.11. The van der Waals surface area contributed by atoms with Crippen molar-refractivity contribution in [3.63, 3.8) is 0 Å². The molecule has 1 aromatic carbocycles. The van der Waals surface area contributed by atoms with Gasteiger partial charge in [-0.25, -0.2) is 0 Å². The second-order valence-corrected chi connectivity index (χ2v) is 6.11. The SMILES string of the molecule is CCc1ccc(C2NCC(=O)N2C(C)C2CCC2)cc1. The van der Waals surface area contributed by atoms with Gasteiger partial charge in [0.05, 0.1) is 6.54 Å². The maximum absolute atomic E-state index is 12.2. The van der Waals surface area contributed by atoms with Crippen molar-refractivity contribution in [1.82, 2.24) is 10.2 Å². The third-order valence-electron chi connectivity index (χ3n) is 4.99. The molecule has 0 bridgehead atoms. The predicted octanol–water partition coefficient (Wildman–Crippen LogP) is 2.87. The van der Waals surface area contributed by atoms with E-state index < -0.39 is 0 Å². The van der Waals surface area contributed by atoms with E-state index in [-0.39, 0.29) is 12.1 Å². The Bertz CT molecular complexity index is 478. The van der Waals surface area contributed by atoms with Crippen molar-refractivity contribution in [1.29, 1.82) is 0 Å². The van der Waals surface area contributed by atoms with Crippen molar-refractivity contribution < 1.29 is 4.79 Å². The van der Waals surface area contributed by atoms with Crippen LogP contribution in [0.3, 0.4) is 0 Å². The summed E-state index contributed by atoms with van der Waals surface area (Å²) < 4.78 is 0. The lowest BCUT2D eigenvalue weighted by molar-refractivity contribution is -0.131. The Balaban J connectivity index is 1.80. The molecule has 3 heteroatoms. The van der Waals surface area contributed by atoms with Gasteiger partial charge in [0.25, 0.3) is 0 Å². The summed E-state index contributed by atoms with van der Waals surface area (Å²) in [7, 11) is 0. The van der Waals surface area contributed by atoms with Crippen LogP contribution in [0.4, 0.5) is 0 Å². The van der Waals surface area contributed by atoms with Gasteiger partial charge in [0.1, 0.15) is 6.17 Å². The first-order chi connectivity index (χ1) is 9.70. The molecule has 0 radical (unpaired) electrons. The summed E-state index contributed by atoms with van der Waals surface area (Å²) in [5.41, 5.74) is 2.55. The topological polar surface area (TPSA) is 32.3 Å². The zero-order chi connectivity index (χ0) is 14.1. The monoisotopic (exact) mass is 272 g/mol. The molecule has 108 valence electrons. The van der Waals surface area contributed by atoms with Crippen LogP contribution in [-0.2, 0) is 11.2 Å². The number of hydrogen-bond acceptors (Lipinski definition) is 2. The van der Waals surface area contributed by atoms with E-state index in [1.165, 1.54) is 30.4 Å². The van der Waals surface area contributed by atoms with E-state index in [4.69, 9.17) is 0 Å². The first-order valence-electron chi connectivity index (χ1n) is 7.84. The Morgan fingerprint density at radius 2 is 2.00 bits per heavy atom. The number of amides is 1. The molecule has 1 saturated heterocycles. The zero-order valence-electron chi connectivity index (χ0n) is 12.4. The summed E-state index contributed by atoms with van der Waals surface area (Å²) in [5, 5.41) is 3.37. The number of nitrogens with one attached hydrogen (secondary N) is 1. The molecule has 0 aromatic heterocycles. The van der Waals surface area contributed by atoms with Crippen LogP contribution in [-0.4, -0.2) is 23.4 Å². The van der Waals surface area contributed by atoms with Crippen LogP contribution in [0.15, 0.2) is 24.3 Å².